The Balaban J connectivity index is 3.01. The van der Waals surface area contributed by atoms with Crippen molar-refractivity contribution in [1.82, 2.24) is 0 Å². The van der Waals surface area contributed by atoms with E-state index in [4.69, 9.17) is 0 Å². The second kappa shape index (κ2) is 7.32. The summed E-state index contributed by atoms with van der Waals surface area (Å²) in [5, 5.41) is 0. The summed E-state index contributed by atoms with van der Waals surface area (Å²) >= 11 is 0. The van der Waals surface area contributed by atoms with Gasteiger partial charge in [0.25, 0.3) is 0 Å². The molecule has 62 valence electrons. The van der Waals surface area contributed by atoms with Crippen LogP contribution in [0.5, 0.6) is 0 Å². The fourth-order valence-corrected chi connectivity index (χ4v) is 0.594. The first-order valence-electron chi connectivity index (χ1n) is 3.75. The molecular weight excluding hydrogens is 140 g/mol. The highest BCUT2D eigenvalue weighted by Gasteiger charge is 1.94. The van der Waals surface area contributed by atoms with Crippen molar-refractivity contribution in [3.63, 3.8) is 0 Å². The van der Waals surface area contributed by atoms with Gasteiger partial charge in [-0.15, -0.1) is 0 Å². The summed E-state index contributed by atoms with van der Waals surface area (Å²) in [6.45, 7) is 8.48. The predicted octanol–water partition coefficient (Wildman–Crippen LogP) is 2.27. The molecule has 0 heterocycles. The second-order valence-electron chi connectivity index (χ2n) is 2.16. The van der Waals surface area contributed by atoms with Gasteiger partial charge in [0.2, 0.25) is 0 Å². The fraction of sp³-hybridized carbons (Fsp3) is 0.444. The number of hydrogen-bond donors (Lipinski definition) is 0. The zero-order valence-electron chi connectivity index (χ0n) is 6.71. The molecule has 0 amide bonds. The van der Waals surface area contributed by atoms with Crippen LogP contribution in [-0.2, 0) is 9.53 Å². The van der Waals surface area contributed by atoms with Crippen LogP contribution in [0.15, 0.2) is 12.7 Å². The zero-order valence-corrected chi connectivity index (χ0v) is 6.71. The van der Waals surface area contributed by atoms with E-state index in [1.54, 1.807) is 0 Å². The molecule has 0 aromatic carbocycles. The van der Waals surface area contributed by atoms with Gasteiger partial charge < -0.3 is 4.74 Å². The lowest BCUT2D eigenvalue weighted by Crippen LogP contribution is -1.96. The summed E-state index contributed by atoms with van der Waals surface area (Å²) in [6.07, 6.45) is 4.98. The van der Waals surface area contributed by atoms with Crippen LogP contribution in [0.1, 0.15) is 25.7 Å². The Bertz CT molecular complexity index is 119. The van der Waals surface area contributed by atoms with E-state index in [0.29, 0.717) is 0 Å². The minimum Gasteiger partial charge on any atom is -0.455 e. The Morgan fingerprint density at radius 3 is 2.73 bits per heavy atom. The van der Waals surface area contributed by atoms with Gasteiger partial charge in [-0.25, -0.2) is 4.79 Å². The summed E-state index contributed by atoms with van der Waals surface area (Å²) in [6, 6.07) is 0. The smallest absolute Gasteiger partial charge is 0.330 e. The van der Waals surface area contributed by atoms with Crippen LogP contribution >= 0.6 is 0 Å². The average molecular weight is 154 g/mol. The van der Waals surface area contributed by atoms with Gasteiger partial charge >= 0.3 is 5.97 Å². The van der Waals surface area contributed by atoms with Gasteiger partial charge in [-0.1, -0.05) is 26.3 Å². The minimum atomic E-state index is -0.389. The summed E-state index contributed by atoms with van der Waals surface area (Å²) in [5.41, 5.74) is 0. The SMILES string of the molecule is [CH2]CCCC[CH]OC(=O)C=C. The quantitative estimate of drug-likeness (QED) is 0.333. The topological polar surface area (TPSA) is 26.3 Å². The van der Waals surface area contributed by atoms with Gasteiger partial charge in [-0.3, -0.25) is 0 Å². The van der Waals surface area contributed by atoms with E-state index >= 15 is 0 Å². The lowest BCUT2D eigenvalue weighted by atomic mass is 10.2. The Morgan fingerprint density at radius 1 is 1.45 bits per heavy atom. The molecule has 0 aromatic heterocycles. The Morgan fingerprint density at radius 2 is 2.18 bits per heavy atom. The maximum Gasteiger partial charge on any atom is 0.330 e. The molecule has 0 spiro atoms. The Hall–Kier alpha value is -0.790. The summed E-state index contributed by atoms with van der Waals surface area (Å²) in [7, 11) is 0. The molecule has 0 aliphatic heterocycles. The van der Waals surface area contributed by atoms with E-state index in [-0.39, 0.29) is 5.97 Å². The first-order chi connectivity index (χ1) is 5.31. The number of carbonyl (C=O) groups excluding carboxylic acids is 1. The van der Waals surface area contributed by atoms with Gasteiger partial charge in [-0.05, 0) is 12.8 Å². The molecule has 0 aliphatic carbocycles. The number of esters is 1. The van der Waals surface area contributed by atoms with E-state index in [2.05, 4.69) is 18.2 Å². The molecule has 0 unspecified atom stereocenters. The molecule has 0 atom stereocenters. The maximum absolute atomic E-state index is 10.5. The van der Waals surface area contributed by atoms with Crippen LogP contribution < -0.4 is 0 Å². The zero-order chi connectivity index (χ0) is 8.53. The number of rotatable bonds is 6. The molecule has 0 aliphatic rings. The molecule has 0 bridgehead atoms. The van der Waals surface area contributed by atoms with Crippen LogP contribution in [0.4, 0.5) is 0 Å². The molecule has 2 nitrogen and oxygen atoms in total. The van der Waals surface area contributed by atoms with Gasteiger partial charge in [0, 0.05) is 6.08 Å². The van der Waals surface area contributed by atoms with Crippen LogP contribution in [0.25, 0.3) is 0 Å². The number of unbranched alkanes of at least 4 members (excludes halogenated alkanes) is 3. The van der Waals surface area contributed by atoms with E-state index < -0.39 is 0 Å². The van der Waals surface area contributed by atoms with Crippen molar-refractivity contribution in [3.8, 4) is 0 Å². The van der Waals surface area contributed by atoms with Crippen LogP contribution in [0.2, 0.25) is 0 Å². The minimum absolute atomic E-state index is 0.389. The van der Waals surface area contributed by atoms with Gasteiger partial charge in [-0.2, -0.15) is 0 Å². The van der Waals surface area contributed by atoms with Crippen LogP contribution in [-0.4, -0.2) is 5.97 Å². The van der Waals surface area contributed by atoms with Crippen molar-refractivity contribution >= 4 is 5.97 Å². The number of hydrogen-bond acceptors (Lipinski definition) is 2. The highest BCUT2D eigenvalue weighted by Crippen LogP contribution is 2.01. The van der Waals surface area contributed by atoms with Crippen molar-refractivity contribution in [1.29, 1.82) is 0 Å². The Labute approximate surface area is 68.2 Å². The van der Waals surface area contributed by atoms with Crippen molar-refractivity contribution in [3.05, 3.63) is 26.2 Å². The third kappa shape index (κ3) is 7.10. The normalized spacial score (nSPS) is 9.18. The molecule has 2 radical (unpaired) electrons. The maximum atomic E-state index is 10.5. The first-order valence-corrected chi connectivity index (χ1v) is 3.75. The molecule has 2 heteroatoms. The molecule has 0 saturated heterocycles. The lowest BCUT2D eigenvalue weighted by molar-refractivity contribution is -0.134. The van der Waals surface area contributed by atoms with Crippen molar-refractivity contribution in [2.45, 2.75) is 25.7 Å². The third-order valence-corrected chi connectivity index (χ3v) is 1.19. The van der Waals surface area contributed by atoms with Crippen molar-refractivity contribution in [2.75, 3.05) is 0 Å². The molecule has 0 saturated carbocycles. The molecule has 11 heavy (non-hydrogen) atoms. The summed E-state index contributed by atoms with van der Waals surface area (Å²) < 4.78 is 4.64. The summed E-state index contributed by atoms with van der Waals surface area (Å²) in [4.78, 5) is 10.5. The van der Waals surface area contributed by atoms with Crippen LogP contribution in [0, 0.1) is 13.5 Å². The standard InChI is InChI=1S/C9H14O2/c1-3-5-6-7-8-11-9(10)4-2/h4,8H,1-3,5-7H2. The number of ether oxygens (including phenoxy) is 1. The van der Waals surface area contributed by atoms with E-state index in [9.17, 15) is 4.79 Å². The van der Waals surface area contributed by atoms with Crippen molar-refractivity contribution in [2.24, 2.45) is 0 Å². The molecule has 0 N–H and O–H groups in total. The molecular formula is C9H14O2. The highest BCUT2D eigenvalue weighted by molar-refractivity contribution is 5.81. The Kier molecular flexibility index (Phi) is 6.79. The molecule has 0 fully saturated rings. The predicted molar refractivity (Wildman–Crippen MR) is 44.4 cm³/mol. The monoisotopic (exact) mass is 154 g/mol. The average Bonchev–Trinajstić information content (AvgIpc) is 2.04. The van der Waals surface area contributed by atoms with Gasteiger partial charge in [0.1, 0.15) is 6.61 Å². The van der Waals surface area contributed by atoms with E-state index in [1.807, 2.05) is 0 Å². The van der Waals surface area contributed by atoms with Gasteiger partial charge in [0.15, 0.2) is 0 Å². The first kappa shape index (κ1) is 10.2. The molecule has 0 rings (SSSR count). The van der Waals surface area contributed by atoms with Crippen molar-refractivity contribution < 1.29 is 9.53 Å². The largest absolute Gasteiger partial charge is 0.455 e. The van der Waals surface area contributed by atoms with E-state index in [1.165, 1.54) is 6.61 Å². The van der Waals surface area contributed by atoms with E-state index in [0.717, 1.165) is 31.8 Å². The third-order valence-electron chi connectivity index (χ3n) is 1.19. The second-order valence-corrected chi connectivity index (χ2v) is 2.16. The fourth-order valence-electron chi connectivity index (χ4n) is 0.594. The lowest BCUT2D eigenvalue weighted by Gasteiger charge is -1.98. The highest BCUT2D eigenvalue weighted by atomic mass is 16.5. The number of carbonyl (C=O) groups is 1. The molecule has 0 aromatic rings. The van der Waals surface area contributed by atoms with Crippen LogP contribution in [0.3, 0.4) is 0 Å². The van der Waals surface area contributed by atoms with Gasteiger partial charge in [0.05, 0.1) is 0 Å². The summed E-state index contributed by atoms with van der Waals surface area (Å²) in [5.74, 6) is -0.389.